The highest BCUT2D eigenvalue weighted by Crippen LogP contribution is 2.18. The van der Waals surface area contributed by atoms with Gasteiger partial charge in [0.1, 0.15) is 28.7 Å². The van der Waals surface area contributed by atoms with Gasteiger partial charge in [-0.3, -0.25) is 4.90 Å². The number of carbonyl (C=O) groups excluding carboxylic acids is 1. The van der Waals surface area contributed by atoms with Crippen LogP contribution in [-0.2, 0) is 17.8 Å². The Labute approximate surface area is 166 Å². The number of carbonyl (C=O) groups is 1. The van der Waals surface area contributed by atoms with Gasteiger partial charge in [0.2, 0.25) is 11.9 Å². The van der Waals surface area contributed by atoms with Crippen molar-refractivity contribution >= 4 is 23.6 Å². The first-order valence-electron chi connectivity index (χ1n) is 8.73. The third-order valence-electron chi connectivity index (χ3n) is 4.01. The average molecular weight is 400 g/mol. The number of hydrogen-bond donors (Lipinski definition) is 2. The Morgan fingerprint density at radius 1 is 1.24 bits per heavy atom. The Hall–Kier alpha value is -3.53. The first-order valence-corrected chi connectivity index (χ1v) is 8.73. The summed E-state index contributed by atoms with van der Waals surface area (Å²) in [6.45, 7) is 2.48. The second kappa shape index (κ2) is 8.65. The second-order valence-electron chi connectivity index (χ2n) is 6.41. The molecule has 2 aromatic heterocycles. The molecule has 3 rings (SSSR count). The smallest absolute Gasteiger partial charge is 0.341 e. The van der Waals surface area contributed by atoms with Crippen molar-refractivity contribution in [2.24, 2.45) is 0 Å². The molecule has 9 nitrogen and oxygen atoms in total. The average Bonchev–Trinajstić information content (AvgIpc) is 3.02. The molecule has 29 heavy (non-hydrogen) atoms. The third kappa shape index (κ3) is 5.26. The summed E-state index contributed by atoms with van der Waals surface area (Å²) < 4.78 is 23.4. The molecular formula is C19H21FN6O3. The van der Waals surface area contributed by atoms with Crippen LogP contribution < -0.4 is 11.1 Å². The number of aryl methyl sites for hydroxylation is 1. The van der Waals surface area contributed by atoms with Crippen molar-refractivity contribution in [3.05, 3.63) is 59.1 Å². The molecule has 0 aliphatic carbocycles. The molecule has 152 valence electrons. The Morgan fingerprint density at radius 3 is 2.66 bits per heavy atom. The van der Waals surface area contributed by atoms with Crippen molar-refractivity contribution in [2.45, 2.75) is 20.0 Å². The zero-order valence-electron chi connectivity index (χ0n) is 16.3. The lowest BCUT2D eigenvalue weighted by Crippen LogP contribution is -2.20. The van der Waals surface area contributed by atoms with E-state index in [9.17, 15) is 9.18 Å². The molecule has 0 bridgehead atoms. The summed E-state index contributed by atoms with van der Waals surface area (Å²) in [5.41, 5.74) is 6.80. The number of nitrogen functional groups attached to an aromatic ring is 1. The molecule has 0 amide bonds. The number of nitrogens with one attached hydrogen (secondary N) is 1. The second-order valence-corrected chi connectivity index (χ2v) is 6.41. The van der Waals surface area contributed by atoms with Gasteiger partial charge in [0.05, 0.1) is 20.2 Å². The van der Waals surface area contributed by atoms with E-state index in [0.29, 0.717) is 41.7 Å². The summed E-state index contributed by atoms with van der Waals surface area (Å²) in [7, 11) is 3.17. The summed E-state index contributed by atoms with van der Waals surface area (Å²) in [6.07, 6.45) is 0. The lowest BCUT2D eigenvalue weighted by molar-refractivity contribution is 0.0599. The highest BCUT2D eigenvalue weighted by molar-refractivity contribution is 5.90. The van der Waals surface area contributed by atoms with Gasteiger partial charge in [0.25, 0.3) is 0 Å². The molecule has 0 saturated heterocycles. The minimum absolute atomic E-state index is 0.0647. The summed E-state index contributed by atoms with van der Waals surface area (Å²) >= 11 is 0. The number of benzene rings is 1. The molecule has 0 aliphatic rings. The predicted molar refractivity (Wildman–Crippen MR) is 104 cm³/mol. The van der Waals surface area contributed by atoms with Crippen LogP contribution in [0.5, 0.6) is 0 Å². The maximum Gasteiger partial charge on any atom is 0.341 e. The predicted octanol–water partition coefficient (Wildman–Crippen LogP) is 2.66. The van der Waals surface area contributed by atoms with Crippen LogP contribution in [0.2, 0.25) is 0 Å². The number of nitrogens with two attached hydrogens (primary N) is 1. The van der Waals surface area contributed by atoms with Gasteiger partial charge in [0.15, 0.2) is 0 Å². The topological polar surface area (TPSA) is 119 Å². The molecular weight excluding hydrogens is 379 g/mol. The monoisotopic (exact) mass is 400 g/mol. The van der Waals surface area contributed by atoms with Crippen LogP contribution in [0.3, 0.4) is 0 Å². The van der Waals surface area contributed by atoms with Gasteiger partial charge in [-0.25, -0.2) is 9.18 Å². The van der Waals surface area contributed by atoms with E-state index >= 15 is 0 Å². The fraction of sp³-hybridized carbons (Fsp3) is 0.263. The molecule has 2 heterocycles. The Bertz CT molecular complexity index is 1010. The number of methoxy groups -OCH3 is 1. The SMILES string of the molecule is COC(=O)c1cc(CN(C)Cc2nc(N)nc(Nc3ccc(F)cc3)n2)oc1C. The van der Waals surface area contributed by atoms with Crippen LogP contribution in [0.1, 0.15) is 27.7 Å². The molecule has 0 spiro atoms. The zero-order valence-corrected chi connectivity index (χ0v) is 16.3. The Balaban J connectivity index is 1.68. The number of rotatable bonds is 7. The molecule has 0 atom stereocenters. The number of anilines is 3. The molecule has 0 saturated carbocycles. The van der Waals surface area contributed by atoms with Gasteiger partial charge >= 0.3 is 5.97 Å². The first-order chi connectivity index (χ1) is 13.8. The fourth-order valence-electron chi connectivity index (χ4n) is 2.72. The van der Waals surface area contributed by atoms with E-state index in [-0.39, 0.29) is 17.7 Å². The lowest BCUT2D eigenvalue weighted by atomic mass is 10.2. The maximum absolute atomic E-state index is 13.0. The summed E-state index contributed by atoms with van der Waals surface area (Å²) in [4.78, 5) is 26.1. The van der Waals surface area contributed by atoms with E-state index in [4.69, 9.17) is 14.9 Å². The number of aromatic nitrogens is 3. The zero-order chi connectivity index (χ0) is 21.0. The van der Waals surface area contributed by atoms with Crippen LogP contribution in [0.25, 0.3) is 0 Å². The fourth-order valence-corrected chi connectivity index (χ4v) is 2.72. The van der Waals surface area contributed by atoms with E-state index in [1.54, 1.807) is 25.1 Å². The molecule has 0 unspecified atom stereocenters. The lowest BCUT2D eigenvalue weighted by Gasteiger charge is -2.14. The molecule has 10 heteroatoms. The number of ether oxygens (including phenoxy) is 1. The maximum atomic E-state index is 13.0. The van der Waals surface area contributed by atoms with E-state index in [1.165, 1.54) is 19.2 Å². The first kappa shape index (κ1) is 20.2. The van der Waals surface area contributed by atoms with E-state index in [1.807, 2.05) is 11.9 Å². The normalized spacial score (nSPS) is 10.9. The van der Waals surface area contributed by atoms with Gasteiger partial charge in [-0.15, -0.1) is 0 Å². The number of hydrogen-bond acceptors (Lipinski definition) is 9. The number of furan rings is 1. The Morgan fingerprint density at radius 2 is 1.97 bits per heavy atom. The summed E-state index contributed by atoms with van der Waals surface area (Å²) in [6, 6.07) is 7.45. The van der Waals surface area contributed by atoms with E-state index in [0.717, 1.165) is 0 Å². The van der Waals surface area contributed by atoms with Gasteiger partial charge in [-0.05, 0) is 44.3 Å². The van der Waals surface area contributed by atoms with E-state index in [2.05, 4.69) is 20.3 Å². The van der Waals surface area contributed by atoms with Crippen LogP contribution in [0.15, 0.2) is 34.7 Å². The largest absolute Gasteiger partial charge is 0.465 e. The van der Waals surface area contributed by atoms with Gasteiger partial charge < -0.3 is 20.2 Å². The molecule has 3 aromatic rings. The number of nitrogens with zero attached hydrogens (tertiary/aromatic N) is 4. The highest BCUT2D eigenvalue weighted by Gasteiger charge is 2.17. The van der Waals surface area contributed by atoms with Gasteiger partial charge in [-0.1, -0.05) is 0 Å². The molecule has 3 N–H and O–H groups in total. The van der Waals surface area contributed by atoms with Crippen LogP contribution in [0, 0.1) is 12.7 Å². The molecule has 0 radical (unpaired) electrons. The van der Waals surface area contributed by atoms with Gasteiger partial charge in [0, 0.05) is 5.69 Å². The van der Waals surface area contributed by atoms with Crippen LogP contribution in [0.4, 0.5) is 22.0 Å². The number of esters is 1. The van der Waals surface area contributed by atoms with E-state index < -0.39 is 5.97 Å². The minimum atomic E-state index is -0.443. The van der Waals surface area contributed by atoms with Crippen molar-refractivity contribution in [1.29, 1.82) is 0 Å². The van der Waals surface area contributed by atoms with Crippen molar-refractivity contribution in [3.8, 4) is 0 Å². The van der Waals surface area contributed by atoms with Crippen molar-refractivity contribution < 1.29 is 18.3 Å². The minimum Gasteiger partial charge on any atom is -0.465 e. The number of halogens is 1. The highest BCUT2D eigenvalue weighted by atomic mass is 19.1. The summed E-state index contributed by atoms with van der Waals surface area (Å²) in [5, 5.41) is 2.97. The Kier molecular flexibility index (Phi) is 6.03. The standard InChI is InChI=1S/C19H21FN6O3/c1-11-15(17(27)28-3)8-14(29-11)9-26(2)10-16-23-18(21)25-19(24-16)22-13-6-4-12(20)5-7-13/h4-8H,9-10H2,1-3H3,(H3,21,22,23,24,25). The van der Waals surface area contributed by atoms with Crippen molar-refractivity contribution in [2.75, 3.05) is 25.2 Å². The van der Waals surface area contributed by atoms with Crippen molar-refractivity contribution in [1.82, 2.24) is 19.9 Å². The van der Waals surface area contributed by atoms with Crippen molar-refractivity contribution in [3.63, 3.8) is 0 Å². The van der Waals surface area contributed by atoms with Crippen LogP contribution in [-0.4, -0.2) is 40.0 Å². The third-order valence-corrected chi connectivity index (χ3v) is 4.01. The quantitative estimate of drug-likeness (QED) is 0.577. The molecule has 1 aromatic carbocycles. The van der Waals surface area contributed by atoms with Crippen LogP contribution >= 0.6 is 0 Å². The molecule has 0 aliphatic heterocycles. The molecule has 0 fully saturated rings. The summed E-state index contributed by atoms with van der Waals surface area (Å²) in [5.74, 6) is 1.09. The van der Waals surface area contributed by atoms with Gasteiger partial charge in [-0.2, -0.15) is 15.0 Å².